The van der Waals surface area contributed by atoms with Crippen molar-refractivity contribution in [3.05, 3.63) is 138 Å². The van der Waals surface area contributed by atoms with Gasteiger partial charge in [-0.1, -0.05) is 97.1 Å². The topological polar surface area (TPSA) is 68.9 Å². The molecule has 0 atom stereocenters. The van der Waals surface area contributed by atoms with Crippen LogP contribution in [0.4, 0.5) is 0 Å². The van der Waals surface area contributed by atoms with Gasteiger partial charge in [-0.15, -0.1) is 0 Å². The predicted octanol–water partition coefficient (Wildman–Crippen LogP) is 7.80. The molecule has 0 amide bonds. The first-order chi connectivity index (χ1) is 19.2. The fourth-order valence-corrected chi connectivity index (χ4v) is 4.76. The Kier molecular flexibility index (Phi) is 5.52. The van der Waals surface area contributed by atoms with E-state index >= 15 is 0 Å². The van der Waals surface area contributed by atoms with Gasteiger partial charge in [-0.25, -0.2) is 15.0 Å². The van der Waals surface area contributed by atoms with Crippen molar-refractivity contribution in [1.29, 1.82) is 0 Å². The standard InChI is InChI=1S/C34H21N3O2/c38-31-27-16-7-8-17-29(27)39-30-19-18-25(21-28(30)31)24-14-9-15-26(20-24)34-36-32(22-10-3-1-4-11-22)35-33(37-34)23-12-5-2-6-13-23/h1-21H. The molecule has 2 aromatic heterocycles. The molecule has 5 heteroatoms. The predicted molar refractivity (Wildman–Crippen MR) is 155 cm³/mol. The quantitative estimate of drug-likeness (QED) is 0.229. The number of nitrogens with zero attached hydrogens (tertiary/aromatic N) is 3. The molecule has 5 aromatic carbocycles. The first kappa shape index (κ1) is 22.8. The molecule has 0 saturated heterocycles. The van der Waals surface area contributed by atoms with Gasteiger partial charge in [0.05, 0.1) is 10.8 Å². The summed E-state index contributed by atoms with van der Waals surface area (Å²) in [4.78, 5) is 27.7. The molecular formula is C34H21N3O2. The summed E-state index contributed by atoms with van der Waals surface area (Å²) in [5.74, 6) is 1.80. The Morgan fingerprint density at radius 1 is 0.410 bits per heavy atom. The van der Waals surface area contributed by atoms with Gasteiger partial charge in [-0.2, -0.15) is 0 Å². The summed E-state index contributed by atoms with van der Waals surface area (Å²) in [7, 11) is 0. The lowest BCUT2D eigenvalue weighted by Crippen LogP contribution is -2.02. The molecule has 0 aliphatic rings. The Morgan fingerprint density at radius 2 is 0.923 bits per heavy atom. The van der Waals surface area contributed by atoms with E-state index in [9.17, 15) is 4.79 Å². The minimum atomic E-state index is -0.0395. The number of hydrogen-bond acceptors (Lipinski definition) is 5. The molecule has 184 valence electrons. The van der Waals surface area contributed by atoms with Crippen molar-refractivity contribution in [3.63, 3.8) is 0 Å². The van der Waals surface area contributed by atoms with E-state index in [1.54, 1.807) is 6.07 Å². The lowest BCUT2D eigenvalue weighted by atomic mass is 10.0. The zero-order chi connectivity index (χ0) is 26.2. The fraction of sp³-hybridized carbons (Fsp3) is 0. The molecule has 39 heavy (non-hydrogen) atoms. The van der Waals surface area contributed by atoms with E-state index < -0.39 is 0 Å². The molecule has 0 radical (unpaired) electrons. The Bertz CT molecular complexity index is 1980. The van der Waals surface area contributed by atoms with Gasteiger partial charge >= 0.3 is 0 Å². The van der Waals surface area contributed by atoms with E-state index in [-0.39, 0.29) is 5.43 Å². The van der Waals surface area contributed by atoms with Crippen LogP contribution in [0, 0.1) is 0 Å². The van der Waals surface area contributed by atoms with Gasteiger partial charge < -0.3 is 4.42 Å². The van der Waals surface area contributed by atoms with Gasteiger partial charge in [0.25, 0.3) is 0 Å². The number of fused-ring (bicyclic) bond motifs is 2. The Hall–Kier alpha value is -5.42. The second-order valence-corrected chi connectivity index (χ2v) is 9.26. The average molecular weight is 504 g/mol. The fourth-order valence-electron chi connectivity index (χ4n) is 4.76. The molecule has 0 unspecified atom stereocenters. The average Bonchev–Trinajstić information content (AvgIpc) is 3.02. The monoisotopic (exact) mass is 503 g/mol. The van der Waals surface area contributed by atoms with Gasteiger partial charge in [-0.05, 0) is 41.5 Å². The third kappa shape index (κ3) is 4.26. The molecule has 2 heterocycles. The van der Waals surface area contributed by atoms with Crippen molar-refractivity contribution in [3.8, 4) is 45.3 Å². The second-order valence-electron chi connectivity index (χ2n) is 9.26. The smallest absolute Gasteiger partial charge is 0.200 e. The van der Waals surface area contributed by atoms with E-state index in [0.717, 1.165) is 27.8 Å². The molecule has 5 nitrogen and oxygen atoms in total. The molecule has 7 aromatic rings. The summed E-state index contributed by atoms with van der Waals surface area (Å²) in [6.07, 6.45) is 0. The first-order valence-electron chi connectivity index (χ1n) is 12.7. The maximum Gasteiger partial charge on any atom is 0.200 e. The number of para-hydroxylation sites is 1. The summed E-state index contributed by atoms with van der Waals surface area (Å²) in [5, 5.41) is 1.12. The maximum atomic E-state index is 13.2. The van der Waals surface area contributed by atoms with Crippen molar-refractivity contribution >= 4 is 21.9 Å². The zero-order valence-electron chi connectivity index (χ0n) is 20.8. The lowest BCUT2D eigenvalue weighted by molar-refractivity contribution is 0.660. The number of aromatic nitrogens is 3. The molecule has 0 spiro atoms. The highest BCUT2D eigenvalue weighted by Gasteiger charge is 2.14. The molecule has 0 fully saturated rings. The Balaban J connectivity index is 1.36. The van der Waals surface area contributed by atoms with Crippen LogP contribution in [-0.4, -0.2) is 15.0 Å². The van der Waals surface area contributed by atoms with Crippen molar-refractivity contribution in [2.24, 2.45) is 0 Å². The molecule has 7 rings (SSSR count). The summed E-state index contributed by atoms with van der Waals surface area (Å²) >= 11 is 0. The SMILES string of the molecule is O=c1c2ccccc2oc2ccc(-c3cccc(-c4nc(-c5ccccc5)nc(-c5ccccc5)n4)c3)cc12. The normalized spacial score (nSPS) is 11.2. The van der Waals surface area contributed by atoms with Crippen molar-refractivity contribution in [2.45, 2.75) is 0 Å². The first-order valence-corrected chi connectivity index (χ1v) is 12.7. The van der Waals surface area contributed by atoms with Gasteiger partial charge in [-0.3, -0.25) is 4.79 Å². The van der Waals surface area contributed by atoms with Crippen LogP contribution >= 0.6 is 0 Å². The van der Waals surface area contributed by atoms with Gasteiger partial charge in [0.15, 0.2) is 17.5 Å². The minimum absolute atomic E-state index is 0.0395. The Morgan fingerprint density at radius 3 is 1.62 bits per heavy atom. The van der Waals surface area contributed by atoms with Crippen LogP contribution in [0.25, 0.3) is 67.2 Å². The summed E-state index contributed by atoms with van der Waals surface area (Å²) < 4.78 is 5.99. The Labute approximate surface area is 224 Å². The minimum Gasteiger partial charge on any atom is -0.456 e. The van der Waals surface area contributed by atoms with Crippen LogP contribution in [0.2, 0.25) is 0 Å². The zero-order valence-corrected chi connectivity index (χ0v) is 20.8. The molecule has 0 aliphatic heterocycles. The van der Waals surface area contributed by atoms with Gasteiger partial charge in [0.2, 0.25) is 5.43 Å². The van der Waals surface area contributed by atoms with E-state index in [1.807, 2.05) is 121 Å². The van der Waals surface area contributed by atoms with Crippen LogP contribution in [0.5, 0.6) is 0 Å². The number of benzene rings is 5. The second kappa shape index (κ2) is 9.47. The van der Waals surface area contributed by atoms with E-state index in [0.29, 0.717) is 39.4 Å². The number of hydrogen-bond donors (Lipinski definition) is 0. The van der Waals surface area contributed by atoms with Crippen molar-refractivity contribution in [1.82, 2.24) is 15.0 Å². The molecular weight excluding hydrogens is 482 g/mol. The highest BCUT2D eigenvalue weighted by Crippen LogP contribution is 2.30. The molecule has 0 bridgehead atoms. The molecule has 0 saturated carbocycles. The largest absolute Gasteiger partial charge is 0.456 e. The van der Waals surface area contributed by atoms with Crippen LogP contribution in [0.3, 0.4) is 0 Å². The number of rotatable bonds is 4. The van der Waals surface area contributed by atoms with Crippen LogP contribution in [-0.2, 0) is 0 Å². The van der Waals surface area contributed by atoms with Crippen LogP contribution < -0.4 is 5.43 Å². The molecule has 0 aliphatic carbocycles. The third-order valence-corrected chi connectivity index (χ3v) is 6.73. The van der Waals surface area contributed by atoms with Crippen LogP contribution in [0.15, 0.2) is 137 Å². The summed E-state index contributed by atoms with van der Waals surface area (Å²) in [6, 6.07) is 40.9. The molecule has 0 N–H and O–H groups in total. The van der Waals surface area contributed by atoms with E-state index in [2.05, 4.69) is 0 Å². The summed E-state index contributed by atoms with van der Waals surface area (Å²) in [5.41, 5.74) is 5.67. The van der Waals surface area contributed by atoms with E-state index in [4.69, 9.17) is 19.4 Å². The van der Waals surface area contributed by atoms with E-state index in [1.165, 1.54) is 0 Å². The highest BCUT2D eigenvalue weighted by molar-refractivity contribution is 5.92. The van der Waals surface area contributed by atoms with Crippen molar-refractivity contribution < 1.29 is 4.42 Å². The van der Waals surface area contributed by atoms with Gasteiger partial charge in [0.1, 0.15) is 11.2 Å². The highest BCUT2D eigenvalue weighted by atomic mass is 16.3. The maximum absolute atomic E-state index is 13.2. The lowest BCUT2D eigenvalue weighted by Gasteiger charge is -2.10. The van der Waals surface area contributed by atoms with Crippen molar-refractivity contribution in [2.75, 3.05) is 0 Å². The van der Waals surface area contributed by atoms with Crippen LogP contribution in [0.1, 0.15) is 0 Å². The summed E-state index contributed by atoms with van der Waals surface area (Å²) in [6.45, 7) is 0. The third-order valence-electron chi connectivity index (χ3n) is 6.73. The van der Waals surface area contributed by atoms with Gasteiger partial charge in [0, 0.05) is 16.7 Å².